The Morgan fingerprint density at radius 3 is 2.45 bits per heavy atom. The van der Waals surface area contributed by atoms with Crippen LogP contribution in [-0.2, 0) is 0 Å². The molecule has 0 radical (unpaired) electrons. The fourth-order valence-corrected chi connectivity index (χ4v) is 2.64. The van der Waals surface area contributed by atoms with Crippen LogP contribution in [0.1, 0.15) is 37.8 Å². The predicted octanol–water partition coefficient (Wildman–Crippen LogP) is 4.89. The lowest BCUT2D eigenvalue weighted by Crippen LogP contribution is -2.24. The van der Waals surface area contributed by atoms with E-state index in [1.807, 2.05) is 19.1 Å². The van der Waals surface area contributed by atoms with Crippen molar-refractivity contribution >= 4 is 18.7 Å². The zero-order valence-corrected chi connectivity index (χ0v) is 13.8. The molecular formula is C22H24. The lowest BCUT2D eigenvalue weighted by Gasteiger charge is -2.15. The van der Waals surface area contributed by atoms with Crippen molar-refractivity contribution in [1.29, 1.82) is 0 Å². The molecule has 0 heteroatoms. The van der Waals surface area contributed by atoms with Gasteiger partial charge in [0.15, 0.2) is 0 Å². The van der Waals surface area contributed by atoms with E-state index in [0.29, 0.717) is 5.92 Å². The summed E-state index contributed by atoms with van der Waals surface area (Å²) >= 11 is 0. The molecule has 0 saturated heterocycles. The molecule has 0 N–H and O–H groups in total. The van der Waals surface area contributed by atoms with Gasteiger partial charge in [-0.3, -0.25) is 0 Å². The summed E-state index contributed by atoms with van der Waals surface area (Å²) in [4.78, 5) is 0. The maximum Gasteiger partial charge on any atom is -0.0108 e. The van der Waals surface area contributed by atoms with Crippen molar-refractivity contribution in [2.45, 2.75) is 26.7 Å². The lowest BCUT2D eigenvalue weighted by atomic mass is 9.90. The zero-order valence-electron chi connectivity index (χ0n) is 13.8. The molecule has 0 spiro atoms. The van der Waals surface area contributed by atoms with Crippen LogP contribution < -0.4 is 10.4 Å². The van der Waals surface area contributed by atoms with Crippen molar-refractivity contribution in [3.63, 3.8) is 0 Å². The van der Waals surface area contributed by atoms with E-state index in [4.69, 9.17) is 0 Å². The number of hydrogen-bond acceptors (Lipinski definition) is 0. The SMILES string of the molecule is C=Cc1ccc(-c2ccc/c(=C/C=C\C)c2=C)c(C(C)C)c1. The molecule has 0 atom stereocenters. The lowest BCUT2D eigenvalue weighted by molar-refractivity contribution is 0.868. The van der Waals surface area contributed by atoms with Crippen LogP contribution in [0.4, 0.5) is 0 Å². The van der Waals surface area contributed by atoms with Gasteiger partial charge >= 0.3 is 0 Å². The van der Waals surface area contributed by atoms with E-state index in [0.717, 1.165) is 16.0 Å². The third-order valence-electron chi connectivity index (χ3n) is 3.90. The average molecular weight is 288 g/mol. The Kier molecular flexibility index (Phi) is 5.16. The Hall–Kier alpha value is -2.34. The largest absolute Gasteiger partial charge is 0.0985 e. The van der Waals surface area contributed by atoms with Gasteiger partial charge in [0.25, 0.3) is 0 Å². The molecule has 0 bridgehead atoms. The van der Waals surface area contributed by atoms with E-state index < -0.39 is 0 Å². The number of benzene rings is 2. The summed E-state index contributed by atoms with van der Waals surface area (Å²) in [6.45, 7) is 14.7. The third-order valence-corrected chi connectivity index (χ3v) is 3.90. The van der Waals surface area contributed by atoms with Gasteiger partial charge in [-0.15, -0.1) is 0 Å². The van der Waals surface area contributed by atoms with Gasteiger partial charge in [-0.25, -0.2) is 0 Å². The van der Waals surface area contributed by atoms with E-state index in [2.05, 4.69) is 75.6 Å². The van der Waals surface area contributed by atoms with Gasteiger partial charge in [-0.05, 0) is 45.5 Å². The van der Waals surface area contributed by atoms with E-state index in [9.17, 15) is 0 Å². The standard InChI is InChI=1S/C22H24/c1-6-8-10-19-11-9-12-20(17(19)5)21-14-13-18(7-2)15-22(21)16(3)4/h6-16H,2,5H2,1,3-4H3/b8-6-,19-10-. The van der Waals surface area contributed by atoms with Crippen LogP contribution in [0.25, 0.3) is 29.9 Å². The smallest absolute Gasteiger partial charge is 0.0108 e. The van der Waals surface area contributed by atoms with Gasteiger partial charge < -0.3 is 0 Å². The first-order valence-electron chi connectivity index (χ1n) is 7.76. The molecule has 0 saturated carbocycles. The molecule has 2 rings (SSSR count). The molecule has 0 fully saturated rings. The van der Waals surface area contributed by atoms with E-state index in [1.54, 1.807) is 0 Å². The van der Waals surface area contributed by atoms with Crippen molar-refractivity contribution in [1.82, 2.24) is 0 Å². The molecule has 0 nitrogen and oxygen atoms in total. The van der Waals surface area contributed by atoms with Crippen LogP contribution in [0.15, 0.2) is 55.1 Å². The zero-order chi connectivity index (χ0) is 16.1. The fraction of sp³-hybridized carbons (Fsp3) is 0.182. The Bertz CT molecular complexity index is 804. The molecule has 2 aromatic carbocycles. The molecule has 0 amide bonds. The maximum atomic E-state index is 4.31. The highest BCUT2D eigenvalue weighted by Gasteiger charge is 2.10. The van der Waals surface area contributed by atoms with Crippen molar-refractivity contribution in [3.05, 3.63) is 76.7 Å². The van der Waals surface area contributed by atoms with Crippen LogP contribution in [0.3, 0.4) is 0 Å². The second kappa shape index (κ2) is 7.09. The number of allylic oxidation sites excluding steroid dienone is 2. The van der Waals surface area contributed by atoms with E-state index in [1.165, 1.54) is 16.7 Å². The van der Waals surface area contributed by atoms with Gasteiger partial charge in [-0.1, -0.05) is 87.7 Å². The second-order valence-electron chi connectivity index (χ2n) is 5.77. The minimum atomic E-state index is 0.456. The highest BCUT2D eigenvalue weighted by molar-refractivity contribution is 5.71. The minimum Gasteiger partial charge on any atom is -0.0985 e. The van der Waals surface area contributed by atoms with Crippen LogP contribution in [0.2, 0.25) is 0 Å². The summed E-state index contributed by atoms with van der Waals surface area (Å²) in [5, 5.41) is 2.24. The topological polar surface area (TPSA) is 0 Å². The maximum absolute atomic E-state index is 4.31. The van der Waals surface area contributed by atoms with Gasteiger partial charge in [0.2, 0.25) is 0 Å². The average Bonchev–Trinajstić information content (AvgIpc) is 2.53. The van der Waals surface area contributed by atoms with E-state index in [-0.39, 0.29) is 0 Å². The van der Waals surface area contributed by atoms with Crippen LogP contribution in [0.5, 0.6) is 0 Å². The van der Waals surface area contributed by atoms with Gasteiger partial charge in [0, 0.05) is 0 Å². The van der Waals surface area contributed by atoms with Crippen molar-refractivity contribution in [3.8, 4) is 11.1 Å². The summed E-state index contributed by atoms with van der Waals surface area (Å²) in [6, 6.07) is 12.9. The first-order valence-corrected chi connectivity index (χ1v) is 7.76. The predicted molar refractivity (Wildman–Crippen MR) is 100 cm³/mol. The number of rotatable bonds is 4. The highest BCUT2D eigenvalue weighted by Crippen LogP contribution is 2.28. The Morgan fingerprint density at radius 2 is 1.82 bits per heavy atom. The Morgan fingerprint density at radius 1 is 1.05 bits per heavy atom. The molecule has 0 aliphatic carbocycles. The molecule has 0 unspecified atom stereocenters. The fourth-order valence-electron chi connectivity index (χ4n) is 2.64. The summed E-state index contributed by atoms with van der Waals surface area (Å²) in [6.07, 6.45) is 8.10. The summed E-state index contributed by atoms with van der Waals surface area (Å²) < 4.78 is 0. The second-order valence-corrected chi connectivity index (χ2v) is 5.77. The minimum absolute atomic E-state index is 0.456. The number of hydrogen-bond donors (Lipinski definition) is 0. The molecule has 112 valence electrons. The van der Waals surface area contributed by atoms with Crippen LogP contribution in [-0.4, -0.2) is 0 Å². The third kappa shape index (κ3) is 3.28. The summed E-state index contributed by atoms with van der Waals surface area (Å²) in [5.74, 6) is 0.456. The van der Waals surface area contributed by atoms with Crippen molar-refractivity contribution in [2.24, 2.45) is 0 Å². The molecule has 0 aromatic heterocycles. The molecule has 2 aromatic rings. The van der Waals surface area contributed by atoms with Gasteiger partial charge in [0.1, 0.15) is 0 Å². The first-order chi connectivity index (χ1) is 10.6. The Balaban J connectivity index is 2.72. The summed E-state index contributed by atoms with van der Waals surface area (Å²) in [7, 11) is 0. The Labute approximate surface area is 133 Å². The summed E-state index contributed by atoms with van der Waals surface area (Å²) in [5.41, 5.74) is 4.97. The normalized spacial score (nSPS) is 12.3. The first kappa shape index (κ1) is 16.0. The van der Waals surface area contributed by atoms with Crippen molar-refractivity contribution in [2.75, 3.05) is 0 Å². The van der Waals surface area contributed by atoms with Crippen LogP contribution >= 0.6 is 0 Å². The molecule has 22 heavy (non-hydrogen) atoms. The monoisotopic (exact) mass is 288 g/mol. The molecule has 0 aliphatic heterocycles. The van der Waals surface area contributed by atoms with Gasteiger partial charge in [0.05, 0.1) is 0 Å². The van der Waals surface area contributed by atoms with E-state index >= 15 is 0 Å². The van der Waals surface area contributed by atoms with Crippen molar-refractivity contribution < 1.29 is 0 Å². The van der Waals surface area contributed by atoms with Crippen LogP contribution in [0, 0.1) is 0 Å². The molecular weight excluding hydrogens is 264 g/mol. The molecule has 0 heterocycles. The highest BCUT2D eigenvalue weighted by atomic mass is 14.1. The molecule has 0 aliphatic rings. The quantitative estimate of drug-likeness (QED) is 0.751. The van der Waals surface area contributed by atoms with Gasteiger partial charge in [-0.2, -0.15) is 0 Å².